The van der Waals surface area contributed by atoms with E-state index in [1.165, 1.54) is 6.07 Å². The van der Waals surface area contributed by atoms with Gasteiger partial charge in [-0.05, 0) is 43.5 Å². The average Bonchev–Trinajstić information content (AvgIpc) is 2.89. The molecule has 2 aliphatic rings. The smallest absolute Gasteiger partial charge is 0.369 e. The number of fused-ring (bicyclic) bond motifs is 1. The van der Waals surface area contributed by atoms with E-state index >= 15 is 0 Å². The lowest BCUT2D eigenvalue weighted by atomic mass is 9.94. The van der Waals surface area contributed by atoms with Crippen molar-refractivity contribution in [1.82, 2.24) is 5.32 Å². The van der Waals surface area contributed by atoms with Gasteiger partial charge in [0, 0.05) is 19.1 Å². The SMILES string of the molecule is N#Cc1cc(C(F)(F)F)ccc1N1CC2CCCNC2C1. The van der Waals surface area contributed by atoms with Crippen molar-refractivity contribution >= 4 is 5.69 Å². The predicted molar refractivity (Wildman–Crippen MR) is 72.9 cm³/mol. The maximum Gasteiger partial charge on any atom is 0.416 e. The number of alkyl halides is 3. The first-order valence-corrected chi connectivity index (χ1v) is 7.08. The van der Waals surface area contributed by atoms with Crippen LogP contribution in [-0.4, -0.2) is 25.7 Å². The minimum Gasteiger partial charge on any atom is -0.369 e. The fourth-order valence-corrected chi connectivity index (χ4v) is 3.32. The van der Waals surface area contributed by atoms with Crippen molar-refractivity contribution in [2.45, 2.75) is 25.1 Å². The van der Waals surface area contributed by atoms with E-state index in [2.05, 4.69) is 5.32 Å². The normalized spacial score (nSPS) is 25.5. The summed E-state index contributed by atoms with van der Waals surface area (Å²) in [5.41, 5.74) is -0.0530. The van der Waals surface area contributed by atoms with Gasteiger partial charge in [-0.1, -0.05) is 0 Å². The second-order valence-electron chi connectivity index (χ2n) is 5.71. The van der Waals surface area contributed by atoms with Gasteiger partial charge in [0.2, 0.25) is 0 Å². The second-order valence-corrected chi connectivity index (χ2v) is 5.71. The van der Waals surface area contributed by atoms with Crippen molar-refractivity contribution in [2.24, 2.45) is 5.92 Å². The Morgan fingerprint density at radius 1 is 1.29 bits per heavy atom. The molecule has 1 aromatic carbocycles. The van der Waals surface area contributed by atoms with Crippen LogP contribution in [0.15, 0.2) is 18.2 Å². The summed E-state index contributed by atoms with van der Waals surface area (Å²) in [5, 5.41) is 12.6. The first-order valence-electron chi connectivity index (χ1n) is 7.08. The molecule has 1 aromatic rings. The molecule has 3 rings (SSSR count). The first-order chi connectivity index (χ1) is 9.99. The van der Waals surface area contributed by atoms with E-state index in [-0.39, 0.29) is 5.56 Å². The second kappa shape index (κ2) is 5.23. The maximum atomic E-state index is 12.7. The largest absolute Gasteiger partial charge is 0.416 e. The molecule has 0 saturated carbocycles. The number of nitrogens with one attached hydrogen (secondary N) is 1. The predicted octanol–water partition coefficient (Wildman–Crippen LogP) is 2.77. The lowest BCUT2D eigenvalue weighted by Crippen LogP contribution is -2.40. The lowest BCUT2D eigenvalue weighted by Gasteiger charge is -2.24. The zero-order chi connectivity index (χ0) is 15.0. The molecule has 2 saturated heterocycles. The Morgan fingerprint density at radius 2 is 2.10 bits per heavy atom. The zero-order valence-electron chi connectivity index (χ0n) is 11.5. The van der Waals surface area contributed by atoms with Crippen LogP contribution in [0.2, 0.25) is 0 Å². The molecule has 0 aromatic heterocycles. The Bertz CT molecular complexity index is 563. The Hall–Kier alpha value is -1.74. The third-order valence-corrected chi connectivity index (χ3v) is 4.38. The third kappa shape index (κ3) is 2.70. The monoisotopic (exact) mass is 295 g/mol. The molecule has 2 aliphatic heterocycles. The summed E-state index contributed by atoms with van der Waals surface area (Å²) in [6.07, 6.45) is -2.14. The molecule has 0 radical (unpaired) electrons. The minimum absolute atomic E-state index is 0.100. The van der Waals surface area contributed by atoms with E-state index in [1.807, 2.05) is 11.0 Å². The van der Waals surface area contributed by atoms with Crippen LogP contribution in [0.3, 0.4) is 0 Å². The van der Waals surface area contributed by atoms with Crippen molar-refractivity contribution in [3.05, 3.63) is 29.3 Å². The van der Waals surface area contributed by atoms with Gasteiger partial charge < -0.3 is 10.2 Å². The Kier molecular flexibility index (Phi) is 3.54. The van der Waals surface area contributed by atoms with Crippen LogP contribution in [0.25, 0.3) is 0 Å². The first kappa shape index (κ1) is 14.2. The van der Waals surface area contributed by atoms with Gasteiger partial charge in [0.15, 0.2) is 0 Å². The molecule has 2 fully saturated rings. The summed E-state index contributed by atoms with van der Waals surface area (Å²) in [5.74, 6) is 0.521. The molecular formula is C15H16F3N3. The summed E-state index contributed by atoms with van der Waals surface area (Å²) in [6.45, 7) is 2.55. The topological polar surface area (TPSA) is 39.1 Å². The molecule has 0 spiro atoms. The highest BCUT2D eigenvalue weighted by Gasteiger charge is 2.36. The van der Waals surface area contributed by atoms with Crippen LogP contribution >= 0.6 is 0 Å². The van der Waals surface area contributed by atoms with Gasteiger partial charge in [-0.3, -0.25) is 0 Å². The van der Waals surface area contributed by atoms with Gasteiger partial charge in [0.1, 0.15) is 6.07 Å². The third-order valence-electron chi connectivity index (χ3n) is 4.38. The lowest BCUT2D eigenvalue weighted by molar-refractivity contribution is -0.137. The molecule has 0 aliphatic carbocycles. The van der Waals surface area contributed by atoms with Crippen molar-refractivity contribution in [2.75, 3.05) is 24.5 Å². The number of halogens is 3. The molecule has 0 amide bonds. The van der Waals surface area contributed by atoms with Crippen molar-refractivity contribution in [1.29, 1.82) is 5.26 Å². The number of hydrogen-bond donors (Lipinski definition) is 1. The van der Waals surface area contributed by atoms with Gasteiger partial charge in [0.25, 0.3) is 0 Å². The molecule has 2 atom stereocenters. The summed E-state index contributed by atoms with van der Waals surface area (Å²) in [4.78, 5) is 2.03. The van der Waals surface area contributed by atoms with Crippen LogP contribution in [0, 0.1) is 17.2 Å². The molecule has 0 bridgehead atoms. The quantitative estimate of drug-likeness (QED) is 0.866. The van der Waals surface area contributed by atoms with Gasteiger partial charge in [-0.2, -0.15) is 18.4 Å². The Balaban J connectivity index is 1.87. The van der Waals surface area contributed by atoms with Crippen LogP contribution in [0.5, 0.6) is 0 Å². The number of rotatable bonds is 1. The molecular weight excluding hydrogens is 279 g/mol. The highest BCUT2D eigenvalue weighted by Crippen LogP contribution is 2.35. The van der Waals surface area contributed by atoms with E-state index < -0.39 is 11.7 Å². The molecule has 21 heavy (non-hydrogen) atoms. The van der Waals surface area contributed by atoms with Crippen LogP contribution in [0.1, 0.15) is 24.0 Å². The number of nitriles is 1. The molecule has 2 unspecified atom stereocenters. The highest BCUT2D eigenvalue weighted by molar-refractivity contribution is 5.61. The number of hydrogen-bond acceptors (Lipinski definition) is 3. The average molecular weight is 295 g/mol. The van der Waals surface area contributed by atoms with Gasteiger partial charge in [-0.25, -0.2) is 0 Å². The number of piperidine rings is 1. The molecule has 112 valence electrons. The van der Waals surface area contributed by atoms with E-state index in [9.17, 15) is 13.2 Å². The van der Waals surface area contributed by atoms with Gasteiger partial charge in [0.05, 0.1) is 16.8 Å². The number of anilines is 1. The Morgan fingerprint density at radius 3 is 2.76 bits per heavy atom. The van der Waals surface area contributed by atoms with Crippen molar-refractivity contribution in [3.8, 4) is 6.07 Å². The summed E-state index contributed by atoms with van der Waals surface area (Å²) in [6, 6.07) is 5.73. The van der Waals surface area contributed by atoms with E-state index in [4.69, 9.17) is 5.26 Å². The van der Waals surface area contributed by atoms with Crippen molar-refractivity contribution in [3.63, 3.8) is 0 Å². The molecule has 6 heteroatoms. The van der Waals surface area contributed by atoms with E-state index in [1.54, 1.807) is 0 Å². The standard InChI is InChI=1S/C15H16F3N3/c16-15(17,18)12-3-4-14(11(6-12)7-19)21-8-10-2-1-5-20-13(10)9-21/h3-4,6,10,13,20H,1-2,5,8-9H2. The highest BCUT2D eigenvalue weighted by atomic mass is 19.4. The summed E-state index contributed by atoms with van der Waals surface area (Å²) < 4.78 is 38.2. The summed E-state index contributed by atoms with van der Waals surface area (Å²) >= 11 is 0. The van der Waals surface area contributed by atoms with Crippen LogP contribution < -0.4 is 10.2 Å². The van der Waals surface area contributed by atoms with E-state index in [0.29, 0.717) is 17.6 Å². The summed E-state index contributed by atoms with van der Waals surface area (Å²) in [7, 11) is 0. The van der Waals surface area contributed by atoms with Crippen LogP contribution in [-0.2, 0) is 6.18 Å². The number of benzene rings is 1. The fraction of sp³-hybridized carbons (Fsp3) is 0.533. The van der Waals surface area contributed by atoms with Gasteiger partial charge in [-0.15, -0.1) is 0 Å². The minimum atomic E-state index is -4.41. The number of nitrogens with zero attached hydrogens (tertiary/aromatic N) is 2. The zero-order valence-corrected chi connectivity index (χ0v) is 11.5. The Labute approximate surface area is 121 Å². The van der Waals surface area contributed by atoms with E-state index in [0.717, 1.165) is 44.6 Å². The van der Waals surface area contributed by atoms with Crippen molar-refractivity contribution < 1.29 is 13.2 Å². The molecule has 3 nitrogen and oxygen atoms in total. The molecule has 2 heterocycles. The fourth-order valence-electron chi connectivity index (χ4n) is 3.32. The molecule has 1 N–H and O–H groups in total. The maximum absolute atomic E-state index is 12.7. The van der Waals surface area contributed by atoms with Gasteiger partial charge >= 0.3 is 6.18 Å². The van der Waals surface area contributed by atoms with Crippen LogP contribution in [0.4, 0.5) is 18.9 Å².